The summed E-state index contributed by atoms with van der Waals surface area (Å²) in [5.41, 5.74) is 2.33. The molecule has 13 heavy (non-hydrogen) atoms. The Morgan fingerprint density at radius 2 is 1.77 bits per heavy atom. The molecule has 0 aliphatic carbocycles. The lowest BCUT2D eigenvalue weighted by Crippen LogP contribution is -2.38. The number of aryl methyl sites for hydroxylation is 2. The summed E-state index contributed by atoms with van der Waals surface area (Å²) in [6, 6.07) is 0. The summed E-state index contributed by atoms with van der Waals surface area (Å²) in [6.45, 7) is 8.40. The van der Waals surface area contributed by atoms with Gasteiger partial charge in [-0.1, -0.05) is 0 Å². The van der Waals surface area contributed by atoms with Crippen molar-refractivity contribution >= 4 is 5.82 Å². The Kier molecular flexibility index (Phi) is 1.94. The van der Waals surface area contributed by atoms with Crippen molar-refractivity contribution in [3.63, 3.8) is 0 Å². The van der Waals surface area contributed by atoms with Crippen molar-refractivity contribution in [3.8, 4) is 0 Å². The molecule has 1 fully saturated rings. The zero-order valence-electron chi connectivity index (χ0n) is 8.46. The summed E-state index contributed by atoms with van der Waals surface area (Å²) in [7, 11) is 0. The highest BCUT2D eigenvalue weighted by Gasteiger charge is 2.19. The molecular weight excluding hydrogens is 162 g/mol. The molecule has 0 amide bonds. The zero-order valence-corrected chi connectivity index (χ0v) is 8.46. The molecular formula is C10H15N3. The topological polar surface area (TPSA) is 29.0 Å². The molecule has 70 valence electrons. The van der Waals surface area contributed by atoms with Crippen molar-refractivity contribution in [3.05, 3.63) is 17.1 Å². The molecule has 0 radical (unpaired) electrons. The van der Waals surface area contributed by atoms with Crippen LogP contribution in [0.5, 0.6) is 0 Å². The van der Waals surface area contributed by atoms with E-state index in [4.69, 9.17) is 0 Å². The minimum Gasteiger partial charge on any atom is -0.356 e. The SMILES string of the molecule is Cc1nc(C)c(C)c(N2CCC2)n1. The minimum atomic E-state index is 0.880. The van der Waals surface area contributed by atoms with Gasteiger partial charge >= 0.3 is 0 Å². The van der Waals surface area contributed by atoms with Crippen molar-refractivity contribution in [2.75, 3.05) is 18.0 Å². The highest BCUT2D eigenvalue weighted by Crippen LogP contribution is 2.23. The molecule has 0 saturated carbocycles. The average molecular weight is 177 g/mol. The lowest BCUT2D eigenvalue weighted by Gasteiger charge is -2.33. The van der Waals surface area contributed by atoms with Gasteiger partial charge in [-0.3, -0.25) is 0 Å². The predicted molar refractivity (Wildman–Crippen MR) is 53.1 cm³/mol. The van der Waals surface area contributed by atoms with Crippen LogP contribution >= 0.6 is 0 Å². The first-order valence-electron chi connectivity index (χ1n) is 4.75. The van der Waals surface area contributed by atoms with Crippen LogP contribution in [0.1, 0.15) is 23.5 Å². The first-order valence-corrected chi connectivity index (χ1v) is 4.75. The fourth-order valence-electron chi connectivity index (χ4n) is 1.59. The maximum atomic E-state index is 4.47. The molecule has 2 rings (SSSR count). The van der Waals surface area contributed by atoms with E-state index in [1.165, 1.54) is 12.0 Å². The summed E-state index contributed by atoms with van der Waals surface area (Å²) in [6.07, 6.45) is 1.29. The first-order chi connectivity index (χ1) is 6.18. The normalized spacial score (nSPS) is 15.8. The van der Waals surface area contributed by atoms with Gasteiger partial charge in [0, 0.05) is 24.3 Å². The molecule has 1 saturated heterocycles. The van der Waals surface area contributed by atoms with Crippen LogP contribution in [0.4, 0.5) is 5.82 Å². The molecule has 2 heterocycles. The van der Waals surface area contributed by atoms with Crippen LogP contribution in [-0.2, 0) is 0 Å². The second kappa shape index (κ2) is 2.98. The van der Waals surface area contributed by atoms with Crippen molar-refractivity contribution in [1.82, 2.24) is 9.97 Å². The minimum absolute atomic E-state index is 0.880. The summed E-state index contributed by atoms with van der Waals surface area (Å²) in [5.74, 6) is 2.02. The Morgan fingerprint density at radius 1 is 1.08 bits per heavy atom. The van der Waals surface area contributed by atoms with E-state index in [0.717, 1.165) is 30.4 Å². The van der Waals surface area contributed by atoms with Gasteiger partial charge in [0.25, 0.3) is 0 Å². The number of rotatable bonds is 1. The van der Waals surface area contributed by atoms with E-state index in [-0.39, 0.29) is 0 Å². The quantitative estimate of drug-likeness (QED) is 0.652. The molecule has 1 aliphatic rings. The molecule has 0 spiro atoms. The Hall–Kier alpha value is -1.12. The number of nitrogens with zero attached hydrogens (tertiary/aromatic N) is 3. The Balaban J connectivity index is 2.42. The van der Waals surface area contributed by atoms with Gasteiger partial charge < -0.3 is 4.90 Å². The van der Waals surface area contributed by atoms with Gasteiger partial charge in [0.2, 0.25) is 0 Å². The van der Waals surface area contributed by atoms with Crippen LogP contribution in [0.25, 0.3) is 0 Å². The van der Waals surface area contributed by atoms with E-state index in [0.29, 0.717) is 0 Å². The molecule has 1 aromatic heterocycles. The zero-order chi connectivity index (χ0) is 9.42. The molecule has 0 atom stereocenters. The monoisotopic (exact) mass is 177 g/mol. The highest BCUT2D eigenvalue weighted by atomic mass is 15.2. The van der Waals surface area contributed by atoms with Crippen LogP contribution in [0.15, 0.2) is 0 Å². The van der Waals surface area contributed by atoms with Gasteiger partial charge in [0.1, 0.15) is 11.6 Å². The number of hydrogen-bond acceptors (Lipinski definition) is 3. The maximum absolute atomic E-state index is 4.47. The summed E-state index contributed by atoms with van der Waals surface area (Å²) in [5, 5.41) is 0. The van der Waals surface area contributed by atoms with E-state index in [1.54, 1.807) is 0 Å². The van der Waals surface area contributed by atoms with Gasteiger partial charge in [-0.25, -0.2) is 9.97 Å². The highest BCUT2D eigenvalue weighted by molar-refractivity contribution is 5.49. The van der Waals surface area contributed by atoms with Gasteiger partial charge in [0.15, 0.2) is 0 Å². The molecule has 0 bridgehead atoms. The summed E-state index contributed by atoms with van der Waals surface area (Å²) in [4.78, 5) is 11.1. The van der Waals surface area contributed by atoms with Gasteiger partial charge in [-0.05, 0) is 27.2 Å². The molecule has 1 aromatic rings. The van der Waals surface area contributed by atoms with Crippen LogP contribution < -0.4 is 4.90 Å². The molecule has 0 N–H and O–H groups in total. The molecule has 0 unspecified atom stereocenters. The second-order valence-corrected chi connectivity index (χ2v) is 3.65. The van der Waals surface area contributed by atoms with E-state index in [1.807, 2.05) is 13.8 Å². The fraction of sp³-hybridized carbons (Fsp3) is 0.600. The molecule has 0 aromatic carbocycles. The lowest BCUT2D eigenvalue weighted by atomic mass is 10.1. The number of anilines is 1. The largest absolute Gasteiger partial charge is 0.356 e. The first kappa shape index (κ1) is 8.48. The fourth-order valence-corrected chi connectivity index (χ4v) is 1.59. The maximum Gasteiger partial charge on any atom is 0.135 e. The number of hydrogen-bond donors (Lipinski definition) is 0. The lowest BCUT2D eigenvalue weighted by molar-refractivity contribution is 0.605. The smallest absolute Gasteiger partial charge is 0.135 e. The van der Waals surface area contributed by atoms with E-state index in [9.17, 15) is 0 Å². The Bertz CT molecular complexity index is 329. The van der Waals surface area contributed by atoms with E-state index >= 15 is 0 Å². The van der Waals surface area contributed by atoms with Gasteiger partial charge in [-0.15, -0.1) is 0 Å². The van der Waals surface area contributed by atoms with Crippen molar-refractivity contribution in [1.29, 1.82) is 0 Å². The average Bonchev–Trinajstić information content (AvgIpc) is 1.95. The third-order valence-corrected chi connectivity index (χ3v) is 2.63. The predicted octanol–water partition coefficient (Wildman–Crippen LogP) is 1.61. The second-order valence-electron chi connectivity index (χ2n) is 3.65. The summed E-state index contributed by atoms with van der Waals surface area (Å²) >= 11 is 0. The van der Waals surface area contributed by atoms with Crippen LogP contribution in [0, 0.1) is 20.8 Å². The van der Waals surface area contributed by atoms with E-state index in [2.05, 4.69) is 21.8 Å². The Morgan fingerprint density at radius 3 is 2.31 bits per heavy atom. The van der Waals surface area contributed by atoms with Crippen molar-refractivity contribution in [2.24, 2.45) is 0 Å². The molecule has 3 nitrogen and oxygen atoms in total. The van der Waals surface area contributed by atoms with E-state index < -0.39 is 0 Å². The van der Waals surface area contributed by atoms with Crippen LogP contribution in [0.3, 0.4) is 0 Å². The van der Waals surface area contributed by atoms with Gasteiger partial charge in [0.05, 0.1) is 0 Å². The van der Waals surface area contributed by atoms with Crippen LogP contribution in [-0.4, -0.2) is 23.1 Å². The third-order valence-electron chi connectivity index (χ3n) is 2.63. The molecule has 3 heteroatoms. The third kappa shape index (κ3) is 1.39. The van der Waals surface area contributed by atoms with Crippen LogP contribution in [0.2, 0.25) is 0 Å². The van der Waals surface area contributed by atoms with Crippen molar-refractivity contribution < 1.29 is 0 Å². The standard InChI is InChI=1S/C10H15N3/c1-7-8(2)11-9(3)12-10(7)13-5-4-6-13/h4-6H2,1-3H3. The number of aromatic nitrogens is 2. The van der Waals surface area contributed by atoms with Crippen molar-refractivity contribution in [2.45, 2.75) is 27.2 Å². The Labute approximate surface area is 78.8 Å². The molecule has 1 aliphatic heterocycles. The van der Waals surface area contributed by atoms with Gasteiger partial charge in [-0.2, -0.15) is 0 Å². The summed E-state index contributed by atoms with van der Waals surface area (Å²) < 4.78 is 0.